The fraction of sp³-hybridized carbons (Fsp3) is 0.667. The molecule has 0 saturated carbocycles. The van der Waals surface area contributed by atoms with Crippen LogP contribution in [0, 0.1) is 0 Å². The van der Waals surface area contributed by atoms with E-state index in [4.69, 9.17) is 11.6 Å². The summed E-state index contributed by atoms with van der Waals surface area (Å²) in [7, 11) is 2.09. The Bertz CT molecular complexity index is 211. The zero-order valence-corrected chi connectivity index (χ0v) is 8.74. The zero-order valence-electron chi connectivity index (χ0n) is 7.99. The van der Waals surface area contributed by atoms with Crippen molar-refractivity contribution >= 4 is 11.6 Å². The van der Waals surface area contributed by atoms with E-state index in [9.17, 15) is 0 Å². The van der Waals surface area contributed by atoms with Gasteiger partial charge in [-0.15, -0.1) is 11.6 Å². The number of rotatable bonds is 6. The molecule has 0 fully saturated rings. The van der Waals surface area contributed by atoms with E-state index in [0.717, 1.165) is 26.1 Å². The molecule has 0 spiro atoms. The molecule has 0 aromatic carbocycles. The van der Waals surface area contributed by atoms with E-state index in [-0.39, 0.29) is 0 Å². The first-order valence-electron chi connectivity index (χ1n) is 4.53. The van der Waals surface area contributed by atoms with Gasteiger partial charge in [-0.05, 0) is 20.0 Å². The molecule has 1 aromatic heterocycles. The van der Waals surface area contributed by atoms with Crippen molar-refractivity contribution in [3.63, 3.8) is 0 Å². The fourth-order valence-electron chi connectivity index (χ4n) is 1.20. The van der Waals surface area contributed by atoms with Crippen molar-refractivity contribution in [3.8, 4) is 0 Å². The van der Waals surface area contributed by atoms with Crippen LogP contribution in [0.5, 0.6) is 0 Å². The molecule has 0 radical (unpaired) electrons. The van der Waals surface area contributed by atoms with Crippen LogP contribution < -0.4 is 0 Å². The first kappa shape index (κ1) is 10.5. The number of alkyl halides is 1. The van der Waals surface area contributed by atoms with Gasteiger partial charge in [-0.2, -0.15) is 0 Å². The summed E-state index contributed by atoms with van der Waals surface area (Å²) in [4.78, 5) is 6.22. The smallest absolute Gasteiger partial charge is 0.0945 e. The quantitative estimate of drug-likeness (QED) is 0.650. The van der Waals surface area contributed by atoms with Crippen LogP contribution in [0.15, 0.2) is 18.7 Å². The molecule has 0 aliphatic heterocycles. The Balaban J connectivity index is 2.07. The van der Waals surface area contributed by atoms with E-state index in [1.54, 1.807) is 0 Å². The van der Waals surface area contributed by atoms with Crippen LogP contribution in [0.1, 0.15) is 6.42 Å². The maximum absolute atomic E-state index is 5.62. The van der Waals surface area contributed by atoms with Crippen LogP contribution in [-0.4, -0.2) is 40.5 Å². The molecule has 0 bridgehead atoms. The maximum atomic E-state index is 5.62. The summed E-state index contributed by atoms with van der Waals surface area (Å²) in [6, 6.07) is 0. The number of aromatic nitrogens is 2. The SMILES string of the molecule is CN(CCCl)CCCn1ccnc1. The molecule has 1 rings (SSSR count). The predicted molar refractivity (Wildman–Crippen MR) is 55.1 cm³/mol. The Kier molecular flexibility index (Phi) is 4.86. The lowest BCUT2D eigenvalue weighted by molar-refractivity contribution is 0.340. The van der Waals surface area contributed by atoms with Crippen LogP contribution in [0.4, 0.5) is 0 Å². The third-order valence-corrected chi connectivity index (χ3v) is 2.15. The minimum Gasteiger partial charge on any atom is -0.337 e. The van der Waals surface area contributed by atoms with Gasteiger partial charge in [0.2, 0.25) is 0 Å². The Morgan fingerprint density at radius 2 is 2.31 bits per heavy atom. The largest absolute Gasteiger partial charge is 0.337 e. The van der Waals surface area contributed by atoms with Crippen LogP contribution in [-0.2, 0) is 6.54 Å². The maximum Gasteiger partial charge on any atom is 0.0945 e. The predicted octanol–water partition coefficient (Wildman–Crippen LogP) is 1.44. The van der Waals surface area contributed by atoms with E-state index in [0.29, 0.717) is 5.88 Å². The standard InChI is InChI=1S/C9H16ClN3/c1-12(7-3-10)5-2-6-13-8-4-11-9-13/h4,8-9H,2-3,5-7H2,1H3. The summed E-state index contributed by atoms with van der Waals surface area (Å²) in [5, 5.41) is 0. The van der Waals surface area contributed by atoms with Gasteiger partial charge in [-0.3, -0.25) is 0 Å². The van der Waals surface area contributed by atoms with Crippen molar-refractivity contribution in [2.75, 3.05) is 26.0 Å². The first-order valence-corrected chi connectivity index (χ1v) is 5.06. The third kappa shape index (κ3) is 4.29. The molecule has 0 saturated heterocycles. The normalized spacial score (nSPS) is 11.0. The lowest BCUT2D eigenvalue weighted by Gasteiger charge is -2.14. The highest BCUT2D eigenvalue weighted by Crippen LogP contribution is 1.93. The Morgan fingerprint density at radius 3 is 2.92 bits per heavy atom. The minimum absolute atomic E-state index is 0.710. The van der Waals surface area contributed by atoms with Crippen molar-refractivity contribution in [1.29, 1.82) is 0 Å². The summed E-state index contributed by atoms with van der Waals surface area (Å²) in [5.74, 6) is 0.710. The van der Waals surface area contributed by atoms with Crippen molar-refractivity contribution in [2.24, 2.45) is 0 Å². The second-order valence-electron chi connectivity index (χ2n) is 3.15. The van der Waals surface area contributed by atoms with Gasteiger partial charge in [0.15, 0.2) is 0 Å². The van der Waals surface area contributed by atoms with Gasteiger partial charge < -0.3 is 9.47 Å². The molecule has 1 heterocycles. The van der Waals surface area contributed by atoms with Crippen molar-refractivity contribution in [1.82, 2.24) is 14.5 Å². The molecule has 0 N–H and O–H groups in total. The Morgan fingerprint density at radius 1 is 1.46 bits per heavy atom. The lowest BCUT2D eigenvalue weighted by atomic mass is 10.4. The number of hydrogen-bond donors (Lipinski definition) is 0. The first-order chi connectivity index (χ1) is 6.33. The van der Waals surface area contributed by atoms with Crippen molar-refractivity contribution < 1.29 is 0 Å². The molecular formula is C9H16ClN3. The summed E-state index contributed by atoms with van der Waals surface area (Å²) < 4.78 is 2.09. The van der Waals surface area contributed by atoms with Crippen LogP contribution in [0.25, 0.3) is 0 Å². The average Bonchev–Trinajstić information content (AvgIpc) is 2.57. The van der Waals surface area contributed by atoms with Gasteiger partial charge in [-0.1, -0.05) is 0 Å². The number of nitrogens with zero attached hydrogens (tertiary/aromatic N) is 3. The van der Waals surface area contributed by atoms with E-state index >= 15 is 0 Å². The second-order valence-corrected chi connectivity index (χ2v) is 3.52. The molecule has 3 nitrogen and oxygen atoms in total. The number of hydrogen-bond acceptors (Lipinski definition) is 2. The van der Waals surface area contributed by atoms with Gasteiger partial charge in [0, 0.05) is 31.4 Å². The summed E-state index contributed by atoms with van der Waals surface area (Å²) in [5.41, 5.74) is 0. The Hall–Kier alpha value is -0.540. The van der Waals surface area contributed by atoms with Crippen LogP contribution >= 0.6 is 11.6 Å². The summed E-state index contributed by atoms with van der Waals surface area (Å²) >= 11 is 5.62. The van der Waals surface area contributed by atoms with Gasteiger partial charge in [0.1, 0.15) is 0 Å². The van der Waals surface area contributed by atoms with Gasteiger partial charge >= 0.3 is 0 Å². The zero-order chi connectivity index (χ0) is 9.52. The third-order valence-electron chi connectivity index (χ3n) is 1.98. The van der Waals surface area contributed by atoms with Crippen molar-refractivity contribution in [3.05, 3.63) is 18.7 Å². The highest BCUT2D eigenvalue weighted by atomic mass is 35.5. The van der Waals surface area contributed by atoms with Gasteiger partial charge in [0.25, 0.3) is 0 Å². The van der Waals surface area contributed by atoms with Crippen molar-refractivity contribution in [2.45, 2.75) is 13.0 Å². The average molecular weight is 202 g/mol. The van der Waals surface area contributed by atoms with E-state index < -0.39 is 0 Å². The summed E-state index contributed by atoms with van der Waals surface area (Å²) in [6.07, 6.45) is 6.79. The molecule has 0 amide bonds. The molecule has 0 aliphatic rings. The lowest BCUT2D eigenvalue weighted by Crippen LogP contribution is -2.22. The molecule has 74 valence electrons. The molecule has 0 unspecified atom stereocenters. The summed E-state index contributed by atoms with van der Waals surface area (Å²) in [6.45, 7) is 3.09. The highest BCUT2D eigenvalue weighted by molar-refractivity contribution is 6.18. The highest BCUT2D eigenvalue weighted by Gasteiger charge is 1.96. The number of imidazole rings is 1. The number of halogens is 1. The minimum atomic E-state index is 0.710. The number of aryl methyl sites for hydroxylation is 1. The molecule has 1 aromatic rings. The molecule has 4 heteroatoms. The van der Waals surface area contributed by atoms with Crippen LogP contribution in [0.3, 0.4) is 0 Å². The van der Waals surface area contributed by atoms with E-state index in [1.807, 2.05) is 18.7 Å². The van der Waals surface area contributed by atoms with Gasteiger partial charge in [-0.25, -0.2) is 4.98 Å². The fourth-order valence-corrected chi connectivity index (χ4v) is 1.49. The topological polar surface area (TPSA) is 21.1 Å². The molecule has 0 atom stereocenters. The Labute approximate surface area is 84.3 Å². The monoisotopic (exact) mass is 201 g/mol. The molecular weight excluding hydrogens is 186 g/mol. The second kappa shape index (κ2) is 6.00. The van der Waals surface area contributed by atoms with Gasteiger partial charge in [0.05, 0.1) is 6.33 Å². The molecule has 0 aliphatic carbocycles. The van der Waals surface area contributed by atoms with E-state index in [1.165, 1.54) is 0 Å². The van der Waals surface area contributed by atoms with E-state index in [2.05, 4.69) is 21.5 Å². The van der Waals surface area contributed by atoms with Crippen LogP contribution in [0.2, 0.25) is 0 Å². The molecule has 13 heavy (non-hydrogen) atoms.